The molecule has 1 fully saturated rings. The van der Waals surface area contributed by atoms with Gasteiger partial charge in [0, 0.05) is 17.1 Å². The van der Waals surface area contributed by atoms with Gasteiger partial charge in [-0.15, -0.1) is 0 Å². The molecule has 1 aliphatic rings. The first-order chi connectivity index (χ1) is 10.8. The number of ether oxygens (including phenoxy) is 1. The average molecular weight is 325 g/mol. The number of unbranched alkanes of at least 4 members (excludes halogenated alkanes) is 1. The van der Waals surface area contributed by atoms with Gasteiger partial charge in [0.15, 0.2) is 0 Å². The Bertz CT molecular complexity index is 445. The lowest BCUT2D eigenvalue weighted by Gasteiger charge is -2.31. The predicted octanol–water partition coefficient (Wildman–Crippen LogP) is 4.39. The summed E-state index contributed by atoms with van der Waals surface area (Å²) in [5.74, 6) is 0.942. The van der Waals surface area contributed by atoms with E-state index >= 15 is 0 Å². The first-order valence-electron chi connectivity index (χ1n) is 8.62. The molecule has 0 spiro atoms. The molecule has 1 heterocycles. The van der Waals surface area contributed by atoms with Gasteiger partial charge in [-0.25, -0.2) is 0 Å². The summed E-state index contributed by atoms with van der Waals surface area (Å²) in [7, 11) is 0. The van der Waals surface area contributed by atoms with Crippen molar-refractivity contribution in [2.45, 2.75) is 51.5 Å². The molecular weight excluding hydrogens is 296 g/mol. The van der Waals surface area contributed by atoms with Gasteiger partial charge in [-0.1, -0.05) is 37.8 Å². The van der Waals surface area contributed by atoms with Gasteiger partial charge in [0.25, 0.3) is 0 Å². The highest BCUT2D eigenvalue weighted by atomic mass is 35.5. The Balaban J connectivity index is 2.19. The lowest BCUT2D eigenvalue weighted by atomic mass is 10.0. The molecule has 0 amide bonds. The van der Waals surface area contributed by atoms with Crippen LogP contribution in [0.2, 0.25) is 5.02 Å². The van der Waals surface area contributed by atoms with Crippen LogP contribution in [0.4, 0.5) is 0 Å². The largest absolute Gasteiger partial charge is 0.493 e. The number of rotatable bonds is 7. The Morgan fingerprint density at radius 3 is 2.59 bits per heavy atom. The van der Waals surface area contributed by atoms with Crippen LogP contribution < -0.4 is 10.5 Å². The molecule has 124 valence electrons. The van der Waals surface area contributed by atoms with Gasteiger partial charge < -0.3 is 10.5 Å². The maximum atomic E-state index is 6.24. The molecule has 0 radical (unpaired) electrons. The lowest BCUT2D eigenvalue weighted by molar-refractivity contribution is 0.202. The summed E-state index contributed by atoms with van der Waals surface area (Å²) >= 11 is 6.24. The van der Waals surface area contributed by atoms with Crippen molar-refractivity contribution in [2.24, 2.45) is 5.73 Å². The van der Waals surface area contributed by atoms with E-state index in [1.807, 2.05) is 18.2 Å². The molecule has 0 bridgehead atoms. The second kappa shape index (κ2) is 9.39. The molecule has 1 atom stereocenters. The topological polar surface area (TPSA) is 38.5 Å². The summed E-state index contributed by atoms with van der Waals surface area (Å²) in [5.41, 5.74) is 7.27. The summed E-state index contributed by atoms with van der Waals surface area (Å²) in [5, 5.41) is 0.756. The van der Waals surface area contributed by atoms with Crippen LogP contribution in [-0.4, -0.2) is 31.1 Å². The van der Waals surface area contributed by atoms with Crippen molar-refractivity contribution in [3.63, 3.8) is 0 Å². The van der Waals surface area contributed by atoms with Crippen molar-refractivity contribution in [3.05, 3.63) is 28.8 Å². The molecule has 1 saturated heterocycles. The first kappa shape index (κ1) is 17.6. The van der Waals surface area contributed by atoms with E-state index in [4.69, 9.17) is 22.1 Å². The third kappa shape index (κ3) is 4.87. The fourth-order valence-electron chi connectivity index (χ4n) is 3.12. The van der Waals surface area contributed by atoms with Crippen molar-refractivity contribution in [1.82, 2.24) is 4.90 Å². The fraction of sp³-hybridized carbons (Fsp3) is 0.667. The molecule has 3 nitrogen and oxygen atoms in total. The highest BCUT2D eigenvalue weighted by Gasteiger charge is 2.23. The molecule has 1 aromatic carbocycles. The zero-order chi connectivity index (χ0) is 15.8. The Morgan fingerprint density at radius 1 is 1.23 bits per heavy atom. The van der Waals surface area contributed by atoms with Crippen LogP contribution in [0.25, 0.3) is 0 Å². The molecular formula is C18H29ClN2O. The van der Waals surface area contributed by atoms with Gasteiger partial charge in [-0.2, -0.15) is 0 Å². The predicted molar refractivity (Wildman–Crippen MR) is 93.7 cm³/mol. The molecule has 1 unspecified atom stereocenters. The van der Waals surface area contributed by atoms with E-state index < -0.39 is 0 Å². The molecule has 0 aliphatic carbocycles. The van der Waals surface area contributed by atoms with Crippen LogP contribution in [0.1, 0.15) is 57.1 Å². The van der Waals surface area contributed by atoms with E-state index in [9.17, 15) is 0 Å². The van der Waals surface area contributed by atoms with E-state index in [2.05, 4.69) is 11.8 Å². The van der Waals surface area contributed by atoms with Crippen molar-refractivity contribution in [3.8, 4) is 5.75 Å². The number of hydrogen-bond donors (Lipinski definition) is 1. The minimum absolute atomic E-state index is 0.202. The minimum atomic E-state index is 0.202. The molecule has 4 heteroatoms. The normalized spacial score (nSPS) is 18.0. The number of likely N-dealkylation sites (tertiary alicyclic amines) is 1. The summed E-state index contributed by atoms with van der Waals surface area (Å²) < 4.78 is 6.00. The Morgan fingerprint density at radius 2 is 1.95 bits per heavy atom. The number of nitrogens with zero attached hydrogens (tertiary/aromatic N) is 1. The van der Waals surface area contributed by atoms with Gasteiger partial charge in [0.05, 0.1) is 12.6 Å². The zero-order valence-corrected chi connectivity index (χ0v) is 14.4. The molecule has 0 aromatic heterocycles. The molecule has 1 aromatic rings. The van der Waals surface area contributed by atoms with Crippen LogP contribution in [0.5, 0.6) is 5.75 Å². The Hall–Kier alpha value is -0.770. The van der Waals surface area contributed by atoms with Crippen molar-refractivity contribution < 1.29 is 4.74 Å². The van der Waals surface area contributed by atoms with Crippen LogP contribution in [0, 0.1) is 0 Å². The summed E-state index contributed by atoms with van der Waals surface area (Å²) in [6, 6.07) is 6.13. The second-order valence-electron chi connectivity index (χ2n) is 6.09. The zero-order valence-electron chi connectivity index (χ0n) is 13.7. The van der Waals surface area contributed by atoms with Gasteiger partial charge in [0.2, 0.25) is 0 Å². The SMILES string of the molecule is CCCCOc1ccc(Cl)cc1C(CN)N1CCCCCC1. The third-order valence-corrected chi connectivity index (χ3v) is 4.63. The van der Waals surface area contributed by atoms with E-state index in [-0.39, 0.29) is 6.04 Å². The second-order valence-corrected chi connectivity index (χ2v) is 6.52. The maximum Gasteiger partial charge on any atom is 0.124 e. The number of nitrogens with two attached hydrogens (primary N) is 1. The van der Waals surface area contributed by atoms with Crippen molar-refractivity contribution in [1.29, 1.82) is 0 Å². The Labute approximate surface area is 139 Å². The average Bonchev–Trinajstić information content (AvgIpc) is 2.80. The molecule has 22 heavy (non-hydrogen) atoms. The van der Waals surface area contributed by atoms with Gasteiger partial charge in [0.1, 0.15) is 5.75 Å². The van der Waals surface area contributed by atoms with Gasteiger partial charge in [-0.05, 0) is 50.6 Å². The number of halogens is 1. The highest BCUT2D eigenvalue weighted by molar-refractivity contribution is 6.30. The smallest absolute Gasteiger partial charge is 0.124 e. The molecule has 1 aliphatic heterocycles. The summed E-state index contributed by atoms with van der Waals surface area (Å²) in [4.78, 5) is 2.51. The molecule has 2 N–H and O–H groups in total. The monoisotopic (exact) mass is 324 g/mol. The Kier molecular flexibility index (Phi) is 7.50. The third-order valence-electron chi connectivity index (χ3n) is 4.39. The van der Waals surface area contributed by atoms with Crippen molar-refractivity contribution in [2.75, 3.05) is 26.2 Å². The minimum Gasteiger partial charge on any atom is -0.493 e. The number of hydrogen-bond acceptors (Lipinski definition) is 3. The van der Waals surface area contributed by atoms with E-state index in [0.717, 1.165) is 48.9 Å². The highest BCUT2D eigenvalue weighted by Crippen LogP contribution is 2.33. The molecule has 2 rings (SSSR count). The molecule has 0 saturated carbocycles. The van der Waals surface area contributed by atoms with E-state index in [1.54, 1.807) is 0 Å². The quantitative estimate of drug-likeness (QED) is 0.756. The summed E-state index contributed by atoms with van der Waals surface area (Å²) in [6.45, 7) is 5.75. The van der Waals surface area contributed by atoms with Gasteiger partial charge in [-0.3, -0.25) is 4.90 Å². The van der Waals surface area contributed by atoms with Crippen LogP contribution >= 0.6 is 11.6 Å². The lowest BCUT2D eigenvalue weighted by Crippen LogP contribution is -2.34. The van der Waals surface area contributed by atoms with Crippen LogP contribution in [0.15, 0.2) is 18.2 Å². The maximum absolute atomic E-state index is 6.24. The summed E-state index contributed by atoms with van der Waals surface area (Å²) in [6.07, 6.45) is 7.35. The van der Waals surface area contributed by atoms with Crippen molar-refractivity contribution >= 4 is 11.6 Å². The van der Waals surface area contributed by atoms with E-state index in [1.165, 1.54) is 25.7 Å². The number of benzene rings is 1. The standard InChI is InChI=1S/C18H29ClN2O/c1-2-3-12-22-18-9-8-15(19)13-16(18)17(14-20)21-10-6-4-5-7-11-21/h8-9,13,17H,2-7,10-12,14,20H2,1H3. The van der Waals surface area contributed by atoms with Crippen LogP contribution in [0.3, 0.4) is 0 Å². The first-order valence-corrected chi connectivity index (χ1v) is 9.00. The van der Waals surface area contributed by atoms with Crippen LogP contribution in [-0.2, 0) is 0 Å². The fourth-order valence-corrected chi connectivity index (χ4v) is 3.30. The van der Waals surface area contributed by atoms with Gasteiger partial charge >= 0.3 is 0 Å². The van der Waals surface area contributed by atoms with E-state index in [0.29, 0.717) is 6.54 Å².